The molecule has 2 aliphatic heterocycles. The molecule has 196 valence electrons. The minimum atomic E-state index is 0.268. The minimum absolute atomic E-state index is 0.268. The van der Waals surface area contributed by atoms with E-state index in [0.717, 1.165) is 74.8 Å². The Morgan fingerprint density at radius 2 is 1.59 bits per heavy atom. The molecule has 4 heterocycles. The van der Waals surface area contributed by atoms with Gasteiger partial charge >= 0.3 is 0 Å². The molecule has 1 aromatic carbocycles. The van der Waals surface area contributed by atoms with Gasteiger partial charge in [-0.1, -0.05) is 23.2 Å². The molecule has 0 atom stereocenters. The first-order valence-electron chi connectivity index (χ1n) is 13.1. The van der Waals surface area contributed by atoms with E-state index in [1.54, 1.807) is 18.5 Å². The predicted molar refractivity (Wildman–Crippen MR) is 148 cm³/mol. The van der Waals surface area contributed by atoms with Crippen LogP contribution in [0.5, 0.6) is 11.6 Å². The van der Waals surface area contributed by atoms with Crippen LogP contribution in [0.15, 0.2) is 42.7 Å². The molecule has 5 rings (SSSR count). The molecular formula is C28H33Cl2N5O2. The Bertz CT molecular complexity index is 1160. The molecule has 0 spiro atoms. The average molecular weight is 543 g/mol. The van der Waals surface area contributed by atoms with Crippen molar-refractivity contribution in [2.45, 2.75) is 45.1 Å². The third-order valence-corrected chi connectivity index (χ3v) is 7.58. The number of likely N-dealkylation sites (tertiary alicyclic amines) is 1. The summed E-state index contributed by atoms with van der Waals surface area (Å²) in [7, 11) is 0. The number of anilines is 1. The molecule has 2 aromatic heterocycles. The number of hydrogen-bond donors (Lipinski definition) is 1. The average Bonchev–Trinajstić information content (AvgIpc) is 2.90. The maximum absolute atomic E-state index is 9.27. The summed E-state index contributed by atoms with van der Waals surface area (Å²) in [5.41, 5.74) is 2.68. The van der Waals surface area contributed by atoms with Gasteiger partial charge in [0.05, 0.1) is 18.1 Å². The maximum Gasteiger partial charge on any atom is 0.225 e. The number of pyridine rings is 1. The second-order valence-electron chi connectivity index (χ2n) is 9.96. The number of halogens is 2. The smallest absolute Gasteiger partial charge is 0.225 e. The van der Waals surface area contributed by atoms with Gasteiger partial charge in [-0.25, -0.2) is 15.0 Å². The zero-order valence-corrected chi connectivity index (χ0v) is 22.5. The quantitative estimate of drug-likeness (QED) is 0.362. The fraction of sp³-hybridized carbons (Fsp3) is 0.464. The standard InChI is InChI=1S/C28H33Cl2N5O2/c29-23-14-22(15-24(30)16-23)26-12-21(19-34-9-4-20(5-10-34)6-11-36)13-27(33-26)37-25-17-31-28(32-18-25)35-7-2-1-3-8-35/h12-18,20,36H,1-11,19H2. The van der Waals surface area contributed by atoms with E-state index in [4.69, 9.17) is 32.9 Å². The van der Waals surface area contributed by atoms with Crippen molar-refractivity contribution >= 4 is 29.2 Å². The fourth-order valence-corrected chi connectivity index (χ4v) is 5.69. The molecular weight excluding hydrogens is 509 g/mol. The van der Waals surface area contributed by atoms with E-state index >= 15 is 0 Å². The van der Waals surface area contributed by atoms with Crippen LogP contribution in [-0.2, 0) is 6.54 Å². The Balaban J connectivity index is 1.37. The first kappa shape index (κ1) is 26.2. The van der Waals surface area contributed by atoms with Crippen LogP contribution < -0.4 is 9.64 Å². The van der Waals surface area contributed by atoms with Crippen LogP contribution in [0.4, 0.5) is 5.95 Å². The van der Waals surface area contributed by atoms with Gasteiger partial charge in [0.25, 0.3) is 0 Å². The molecule has 0 amide bonds. The summed E-state index contributed by atoms with van der Waals surface area (Å²) in [5.74, 6) is 2.38. The highest BCUT2D eigenvalue weighted by atomic mass is 35.5. The summed E-state index contributed by atoms with van der Waals surface area (Å²) >= 11 is 12.6. The van der Waals surface area contributed by atoms with Gasteiger partial charge in [0, 0.05) is 47.9 Å². The van der Waals surface area contributed by atoms with E-state index in [1.807, 2.05) is 18.2 Å². The fourth-order valence-electron chi connectivity index (χ4n) is 5.17. The van der Waals surface area contributed by atoms with E-state index in [-0.39, 0.29) is 6.61 Å². The number of aliphatic hydroxyl groups is 1. The summed E-state index contributed by atoms with van der Waals surface area (Å²) < 4.78 is 6.16. The number of hydrogen-bond acceptors (Lipinski definition) is 7. The van der Waals surface area contributed by atoms with Crippen LogP contribution in [0.1, 0.15) is 44.1 Å². The van der Waals surface area contributed by atoms with Crippen LogP contribution >= 0.6 is 23.2 Å². The third kappa shape index (κ3) is 7.11. The predicted octanol–water partition coefficient (Wildman–Crippen LogP) is 6.22. The van der Waals surface area contributed by atoms with Crippen LogP contribution in [0.3, 0.4) is 0 Å². The molecule has 9 heteroatoms. The largest absolute Gasteiger partial charge is 0.436 e. The van der Waals surface area contributed by atoms with Crippen molar-refractivity contribution in [1.82, 2.24) is 19.9 Å². The van der Waals surface area contributed by atoms with Crippen LogP contribution in [0, 0.1) is 5.92 Å². The highest BCUT2D eigenvalue weighted by molar-refractivity contribution is 6.35. The number of ether oxygens (including phenoxy) is 1. The van der Waals surface area contributed by atoms with Crippen molar-refractivity contribution in [2.24, 2.45) is 5.92 Å². The summed E-state index contributed by atoms with van der Waals surface area (Å²) in [5, 5.41) is 10.4. The monoisotopic (exact) mass is 541 g/mol. The zero-order chi connectivity index (χ0) is 25.6. The molecule has 2 fully saturated rings. The van der Waals surface area contributed by atoms with Gasteiger partial charge in [-0.3, -0.25) is 4.90 Å². The van der Waals surface area contributed by atoms with Crippen LogP contribution in [-0.4, -0.2) is 57.7 Å². The molecule has 0 unspecified atom stereocenters. The highest BCUT2D eigenvalue weighted by Gasteiger charge is 2.20. The number of nitrogens with zero attached hydrogens (tertiary/aromatic N) is 5. The summed E-state index contributed by atoms with van der Waals surface area (Å²) in [6, 6.07) is 9.49. The molecule has 0 radical (unpaired) electrons. The lowest BCUT2D eigenvalue weighted by Gasteiger charge is -2.31. The second kappa shape index (κ2) is 12.4. The van der Waals surface area contributed by atoms with Gasteiger partial charge in [0.15, 0.2) is 5.75 Å². The summed E-state index contributed by atoms with van der Waals surface area (Å²) in [6.45, 7) is 5.06. The second-order valence-corrected chi connectivity index (χ2v) is 10.8. The van der Waals surface area contributed by atoms with Gasteiger partial charge in [-0.2, -0.15) is 0 Å². The van der Waals surface area contributed by atoms with Crippen LogP contribution in [0.2, 0.25) is 10.0 Å². The Morgan fingerprint density at radius 1 is 0.892 bits per heavy atom. The Labute approximate surface area is 228 Å². The van der Waals surface area contributed by atoms with E-state index < -0.39 is 0 Å². The van der Waals surface area contributed by atoms with E-state index in [2.05, 4.69) is 25.8 Å². The van der Waals surface area contributed by atoms with Gasteiger partial charge < -0.3 is 14.7 Å². The Morgan fingerprint density at radius 3 is 2.27 bits per heavy atom. The molecule has 3 aromatic rings. The first-order valence-corrected chi connectivity index (χ1v) is 13.9. The molecule has 0 aliphatic carbocycles. The Kier molecular flexibility index (Phi) is 8.77. The number of aromatic nitrogens is 3. The minimum Gasteiger partial charge on any atom is -0.436 e. The number of piperidine rings is 2. The molecule has 7 nitrogen and oxygen atoms in total. The zero-order valence-electron chi connectivity index (χ0n) is 21.0. The van der Waals surface area contributed by atoms with Crippen molar-refractivity contribution in [3.63, 3.8) is 0 Å². The molecule has 2 saturated heterocycles. The van der Waals surface area contributed by atoms with Gasteiger partial charge in [0.1, 0.15) is 0 Å². The lowest BCUT2D eigenvalue weighted by Crippen LogP contribution is -2.33. The lowest BCUT2D eigenvalue weighted by atomic mass is 9.93. The van der Waals surface area contributed by atoms with Crippen molar-refractivity contribution in [1.29, 1.82) is 0 Å². The normalized spacial score (nSPS) is 17.2. The summed E-state index contributed by atoms with van der Waals surface area (Å²) in [6.07, 6.45) is 10.1. The molecule has 1 N–H and O–H groups in total. The molecule has 0 saturated carbocycles. The number of rotatable bonds is 8. The molecule has 2 aliphatic rings. The van der Waals surface area contributed by atoms with Crippen molar-refractivity contribution in [3.05, 3.63) is 58.3 Å². The van der Waals surface area contributed by atoms with E-state index in [9.17, 15) is 5.11 Å². The maximum atomic E-state index is 9.27. The lowest BCUT2D eigenvalue weighted by molar-refractivity contribution is 0.153. The van der Waals surface area contributed by atoms with E-state index in [1.165, 1.54) is 19.3 Å². The van der Waals surface area contributed by atoms with Crippen LogP contribution in [0.25, 0.3) is 11.3 Å². The molecule has 37 heavy (non-hydrogen) atoms. The van der Waals surface area contributed by atoms with Gasteiger partial charge in [-0.15, -0.1) is 0 Å². The highest BCUT2D eigenvalue weighted by Crippen LogP contribution is 2.31. The van der Waals surface area contributed by atoms with Crippen molar-refractivity contribution in [2.75, 3.05) is 37.7 Å². The van der Waals surface area contributed by atoms with Gasteiger partial charge in [0.2, 0.25) is 11.8 Å². The van der Waals surface area contributed by atoms with Gasteiger partial charge in [-0.05, 0) is 87.4 Å². The topological polar surface area (TPSA) is 74.6 Å². The number of benzene rings is 1. The first-order chi connectivity index (χ1) is 18.1. The van der Waals surface area contributed by atoms with Crippen molar-refractivity contribution in [3.8, 4) is 22.9 Å². The molecule has 0 bridgehead atoms. The Hall–Kier alpha value is -2.45. The number of aliphatic hydroxyl groups excluding tert-OH is 1. The third-order valence-electron chi connectivity index (χ3n) is 7.15. The SMILES string of the molecule is OCCC1CCN(Cc2cc(Oc3cnc(N4CCCCC4)nc3)nc(-c3cc(Cl)cc(Cl)c3)c2)CC1. The van der Waals surface area contributed by atoms with E-state index in [0.29, 0.717) is 27.6 Å². The summed E-state index contributed by atoms with van der Waals surface area (Å²) in [4.78, 5) is 18.5. The van der Waals surface area contributed by atoms with Crippen molar-refractivity contribution < 1.29 is 9.84 Å².